The summed E-state index contributed by atoms with van der Waals surface area (Å²) in [5.41, 5.74) is 0.674. The molecule has 0 fully saturated rings. The summed E-state index contributed by atoms with van der Waals surface area (Å²) in [6.07, 6.45) is 3.36. The Labute approximate surface area is 105 Å². The van der Waals surface area contributed by atoms with Gasteiger partial charge in [-0.1, -0.05) is 25.8 Å². The van der Waals surface area contributed by atoms with Crippen molar-refractivity contribution in [3.05, 3.63) is 33.9 Å². The van der Waals surface area contributed by atoms with Gasteiger partial charge in [0, 0.05) is 6.07 Å². The van der Waals surface area contributed by atoms with E-state index in [1.807, 2.05) is 0 Å². The van der Waals surface area contributed by atoms with E-state index < -0.39 is 0 Å². The first-order valence-electron chi connectivity index (χ1n) is 5.70. The molecule has 1 aromatic rings. The Balaban J connectivity index is 2.73. The number of nitro benzene ring substituents is 1. The predicted octanol–water partition coefficient (Wildman–Crippen LogP) is 3.37. The highest BCUT2D eigenvalue weighted by Crippen LogP contribution is 2.30. The molecule has 1 aromatic carbocycles. The van der Waals surface area contributed by atoms with Gasteiger partial charge in [-0.3, -0.25) is 10.1 Å². The van der Waals surface area contributed by atoms with E-state index in [9.17, 15) is 10.1 Å². The number of nitrogens with zero attached hydrogens (tertiary/aromatic N) is 1. The summed E-state index contributed by atoms with van der Waals surface area (Å²) in [5, 5.41) is 19.8. The van der Waals surface area contributed by atoms with E-state index in [1.54, 1.807) is 12.1 Å². The van der Waals surface area contributed by atoms with Gasteiger partial charge in [-0.05, 0) is 23.8 Å². The molecule has 0 aliphatic carbocycles. The van der Waals surface area contributed by atoms with Crippen molar-refractivity contribution in [1.29, 1.82) is 0 Å². The largest absolute Gasteiger partial charge is 0.392 e. The lowest BCUT2D eigenvalue weighted by Gasteiger charge is -2.04. The number of unbranched alkanes of at least 4 members (excludes halogenated alkanes) is 2. The van der Waals surface area contributed by atoms with E-state index in [0.717, 1.165) is 25.0 Å². The van der Waals surface area contributed by atoms with Crippen LogP contribution in [0.4, 0.5) is 5.69 Å². The van der Waals surface area contributed by atoms with Crippen LogP contribution in [0.15, 0.2) is 23.1 Å². The third kappa shape index (κ3) is 4.36. The summed E-state index contributed by atoms with van der Waals surface area (Å²) < 4.78 is 0. The first-order chi connectivity index (χ1) is 8.19. The minimum Gasteiger partial charge on any atom is -0.392 e. The topological polar surface area (TPSA) is 63.4 Å². The van der Waals surface area contributed by atoms with E-state index in [0.29, 0.717) is 10.5 Å². The predicted molar refractivity (Wildman–Crippen MR) is 69.3 cm³/mol. The lowest BCUT2D eigenvalue weighted by atomic mass is 10.2. The fourth-order valence-electron chi connectivity index (χ4n) is 1.46. The van der Waals surface area contributed by atoms with Crippen LogP contribution in [0.1, 0.15) is 31.7 Å². The van der Waals surface area contributed by atoms with Crippen LogP contribution in [0.25, 0.3) is 0 Å². The fourth-order valence-corrected chi connectivity index (χ4v) is 2.47. The molecule has 0 heterocycles. The van der Waals surface area contributed by atoms with Crippen LogP contribution in [0, 0.1) is 10.1 Å². The first-order valence-corrected chi connectivity index (χ1v) is 6.68. The first kappa shape index (κ1) is 14.0. The van der Waals surface area contributed by atoms with Crippen LogP contribution >= 0.6 is 11.8 Å². The number of thioether (sulfide) groups is 1. The molecular weight excluding hydrogens is 238 g/mol. The molecule has 0 aliphatic rings. The summed E-state index contributed by atoms with van der Waals surface area (Å²) >= 11 is 1.51. The summed E-state index contributed by atoms with van der Waals surface area (Å²) in [6.45, 7) is 1.96. The van der Waals surface area contributed by atoms with Crippen LogP contribution in [0.3, 0.4) is 0 Å². The van der Waals surface area contributed by atoms with Crippen molar-refractivity contribution in [3.63, 3.8) is 0 Å². The molecule has 1 N–H and O–H groups in total. The third-order valence-corrected chi connectivity index (χ3v) is 3.56. The second-order valence-electron chi connectivity index (χ2n) is 3.77. The quantitative estimate of drug-likeness (QED) is 0.351. The summed E-state index contributed by atoms with van der Waals surface area (Å²) in [6, 6.07) is 4.90. The highest BCUT2D eigenvalue weighted by atomic mass is 32.2. The van der Waals surface area contributed by atoms with E-state index in [1.165, 1.54) is 17.8 Å². The molecule has 0 radical (unpaired) electrons. The van der Waals surface area contributed by atoms with Gasteiger partial charge in [0.25, 0.3) is 5.69 Å². The van der Waals surface area contributed by atoms with E-state index in [4.69, 9.17) is 5.11 Å². The molecule has 0 amide bonds. The van der Waals surface area contributed by atoms with Gasteiger partial charge in [0.15, 0.2) is 0 Å². The molecule has 0 saturated carbocycles. The van der Waals surface area contributed by atoms with Crippen molar-refractivity contribution < 1.29 is 10.0 Å². The molecule has 0 aromatic heterocycles. The number of rotatable bonds is 7. The second-order valence-corrected chi connectivity index (χ2v) is 4.91. The van der Waals surface area contributed by atoms with Crippen LogP contribution < -0.4 is 0 Å². The monoisotopic (exact) mass is 255 g/mol. The molecule has 5 heteroatoms. The van der Waals surface area contributed by atoms with Gasteiger partial charge in [0.1, 0.15) is 0 Å². The van der Waals surface area contributed by atoms with E-state index in [2.05, 4.69) is 6.92 Å². The van der Waals surface area contributed by atoms with Crippen molar-refractivity contribution in [1.82, 2.24) is 0 Å². The number of nitro groups is 1. The molecule has 17 heavy (non-hydrogen) atoms. The lowest BCUT2D eigenvalue weighted by Crippen LogP contribution is -1.94. The van der Waals surface area contributed by atoms with Crippen LogP contribution in [0.2, 0.25) is 0 Å². The highest BCUT2D eigenvalue weighted by molar-refractivity contribution is 7.99. The standard InChI is InChI=1S/C12H17NO3S/c1-2-3-4-7-17-12-6-5-10(9-14)8-11(12)13(15)16/h5-6,8,14H,2-4,7,9H2,1H3. The van der Waals surface area contributed by atoms with Gasteiger partial charge < -0.3 is 5.11 Å². The number of benzene rings is 1. The van der Waals surface area contributed by atoms with Crippen molar-refractivity contribution in [2.24, 2.45) is 0 Å². The molecular formula is C12H17NO3S. The van der Waals surface area contributed by atoms with Crippen molar-refractivity contribution in [2.45, 2.75) is 37.7 Å². The Morgan fingerprint density at radius 1 is 1.41 bits per heavy atom. The van der Waals surface area contributed by atoms with Crippen LogP contribution in [-0.2, 0) is 6.61 Å². The number of aliphatic hydroxyl groups is 1. The SMILES string of the molecule is CCCCCSc1ccc(CO)cc1[N+](=O)[O-]. The van der Waals surface area contributed by atoms with Gasteiger partial charge in [-0.25, -0.2) is 0 Å². The average molecular weight is 255 g/mol. The van der Waals surface area contributed by atoms with Crippen LogP contribution in [-0.4, -0.2) is 15.8 Å². The Hall–Kier alpha value is -1.07. The van der Waals surface area contributed by atoms with Crippen molar-refractivity contribution in [2.75, 3.05) is 5.75 Å². The summed E-state index contributed by atoms with van der Waals surface area (Å²) in [7, 11) is 0. The average Bonchev–Trinajstić information content (AvgIpc) is 2.34. The molecule has 0 atom stereocenters. The van der Waals surface area contributed by atoms with Gasteiger partial charge in [0.2, 0.25) is 0 Å². The van der Waals surface area contributed by atoms with Crippen molar-refractivity contribution in [3.8, 4) is 0 Å². The lowest BCUT2D eigenvalue weighted by molar-refractivity contribution is -0.387. The number of hydrogen-bond acceptors (Lipinski definition) is 4. The molecule has 4 nitrogen and oxygen atoms in total. The third-order valence-electron chi connectivity index (χ3n) is 2.41. The minimum atomic E-state index is -0.388. The molecule has 94 valence electrons. The Kier molecular flexibility index (Phi) is 6.00. The zero-order valence-corrected chi connectivity index (χ0v) is 10.7. The normalized spacial score (nSPS) is 10.5. The highest BCUT2D eigenvalue weighted by Gasteiger charge is 2.14. The molecule has 1 rings (SSSR count). The summed E-state index contributed by atoms with van der Waals surface area (Å²) in [5.74, 6) is 0.896. The second kappa shape index (κ2) is 7.29. The smallest absolute Gasteiger partial charge is 0.283 e. The van der Waals surface area contributed by atoms with Crippen LogP contribution in [0.5, 0.6) is 0 Å². The van der Waals surface area contributed by atoms with Gasteiger partial charge in [-0.15, -0.1) is 11.8 Å². The molecule has 0 spiro atoms. The molecule has 0 aliphatic heterocycles. The minimum absolute atomic E-state index is 0.0954. The van der Waals surface area contributed by atoms with Gasteiger partial charge in [-0.2, -0.15) is 0 Å². The van der Waals surface area contributed by atoms with Crippen molar-refractivity contribution >= 4 is 17.4 Å². The number of aliphatic hydroxyl groups excluding tert-OH is 1. The Morgan fingerprint density at radius 3 is 2.76 bits per heavy atom. The number of hydrogen-bond donors (Lipinski definition) is 1. The maximum Gasteiger partial charge on any atom is 0.283 e. The van der Waals surface area contributed by atoms with Gasteiger partial charge >= 0.3 is 0 Å². The maximum absolute atomic E-state index is 10.9. The fraction of sp³-hybridized carbons (Fsp3) is 0.500. The van der Waals surface area contributed by atoms with E-state index in [-0.39, 0.29) is 17.2 Å². The molecule has 0 bridgehead atoms. The molecule has 0 unspecified atom stereocenters. The van der Waals surface area contributed by atoms with E-state index >= 15 is 0 Å². The molecule has 0 saturated heterocycles. The maximum atomic E-state index is 10.9. The Morgan fingerprint density at radius 2 is 2.18 bits per heavy atom. The Bertz CT molecular complexity index is 382. The summed E-state index contributed by atoms with van der Waals surface area (Å²) in [4.78, 5) is 11.2. The van der Waals surface area contributed by atoms with Gasteiger partial charge in [0.05, 0.1) is 16.4 Å². The zero-order chi connectivity index (χ0) is 12.7. The zero-order valence-electron chi connectivity index (χ0n) is 9.89.